The zero-order valence-corrected chi connectivity index (χ0v) is 7.93. The van der Waals surface area contributed by atoms with E-state index >= 15 is 0 Å². The molecular formula is C8H11CuNO3. The molecule has 0 bridgehead atoms. The van der Waals surface area contributed by atoms with Gasteiger partial charge in [0.2, 0.25) is 0 Å². The van der Waals surface area contributed by atoms with Crippen molar-refractivity contribution in [2.45, 2.75) is 6.92 Å². The van der Waals surface area contributed by atoms with E-state index in [1.165, 1.54) is 0 Å². The number of benzene rings is 1. The van der Waals surface area contributed by atoms with Crippen LogP contribution in [0, 0.1) is 0 Å². The summed E-state index contributed by atoms with van der Waals surface area (Å²) in [6.07, 6.45) is 0. The molecule has 77 valence electrons. The van der Waals surface area contributed by atoms with Crippen LogP contribution >= 0.6 is 0 Å². The van der Waals surface area contributed by atoms with Crippen molar-refractivity contribution in [2.24, 2.45) is 0 Å². The topological polar surface area (TPSA) is 83.5 Å². The Bertz CT molecular complexity index is 240. The van der Waals surface area contributed by atoms with E-state index < -0.39 is 5.97 Å². The Labute approximate surface area is 86.9 Å². The molecule has 0 atom stereocenters. The molecule has 0 aliphatic heterocycles. The number of anilines is 1. The van der Waals surface area contributed by atoms with E-state index in [1.54, 1.807) is 24.3 Å². The number of carbonyl (C=O) groups is 1. The largest absolute Gasteiger partial charge is 0.506 e. The number of rotatable bonds is 0. The van der Waals surface area contributed by atoms with E-state index in [2.05, 4.69) is 0 Å². The Kier molecular flexibility index (Phi) is 8.23. The first-order chi connectivity index (χ1) is 5.54. The van der Waals surface area contributed by atoms with E-state index in [1.807, 2.05) is 0 Å². The summed E-state index contributed by atoms with van der Waals surface area (Å²) in [5.74, 6) is -0.687. The fraction of sp³-hybridized carbons (Fsp3) is 0.125. The van der Waals surface area contributed by atoms with Crippen molar-refractivity contribution in [3.63, 3.8) is 0 Å². The molecule has 0 saturated heterocycles. The number of carboxylic acids is 1. The molecule has 0 unspecified atom stereocenters. The maximum Gasteiger partial charge on any atom is 0.300 e. The quantitative estimate of drug-likeness (QED) is 0.355. The van der Waals surface area contributed by atoms with Crippen LogP contribution in [0.2, 0.25) is 0 Å². The smallest absolute Gasteiger partial charge is 0.300 e. The molecule has 4 nitrogen and oxygen atoms in total. The zero-order valence-electron chi connectivity index (χ0n) is 6.99. The van der Waals surface area contributed by atoms with Gasteiger partial charge in [0.05, 0.1) is 5.69 Å². The molecule has 4 N–H and O–H groups in total. The van der Waals surface area contributed by atoms with Crippen LogP contribution < -0.4 is 5.73 Å². The average molecular weight is 233 g/mol. The van der Waals surface area contributed by atoms with E-state index in [4.69, 9.17) is 20.7 Å². The maximum absolute atomic E-state index is 9.00. The molecule has 5 heteroatoms. The number of para-hydroxylation sites is 2. The van der Waals surface area contributed by atoms with E-state index in [0.717, 1.165) is 6.92 Å². The predicted octanol–water partition coefficient (Wildman–Crippen LogP) is 1.06. The SMILES string of the molecule is CC(=O)O.Nc1ccccc1O.[Cu]. The minimum atomic E-state index is -0.833. The summed E-state index contributed by atoms with van der Waals surface area (Å²) in [6, 6.07) is 6.70. The summed E-state index contributed by atoms with van der Waals surface area (Å²) >= 11 is 0. The van der Waals surface area contributed by atoms with Gasteiger partial charge in [0.25, 0.3) is 5.97 Å². The van der Waals surface area contributed by atoms with E-state index in [9.17, 15) is 0 Å². The van der Waals surface area contributed by atoms with Crippen molar-refractivity contribution < 1.29 is 32.1 Å². The van der Waals surface area contributed by atoms with Crippen LogP contribution in [0.3, 0.4) is 0 Å². The minimum Gasteiger partial charge on any atom is -0.506 e. The first-order valence-corrected chi connectivity index (χ1v) is 3.27. The summed E-state index contributed by atoms with van der Waals surface area (Å²) in [7, 11) is 0. The number of nitrogens with two attached hydrogens (primary N) is 1. The van der Waals surface area contributed by atoms with Crippen LogP contribution in [0.4, 0.5) is 5.69 Å². The molecule has 1 rings (SSSR count). The number of phenols is 1. The number of hydrogen-bond acceptors (Lipinski definition) is 3. The van der Waals surface area contributed by atoms with Gasteiger partial charge >= 0.3 is 0 Å². The summed E-state index contributed by atoms with van der Waals surface area (Å²) < 4.78 is 0. The van der Waals surface area contributed by atoms with E-state index in [-0.39, 0.29) is 22.8 Å². The Hall–Kier alpha value is -1.19. The Morgan fingerprint density at radius 3 is 2.00 bits per heavy atom. The van der Waals surface area contributed by atoms with Crippen molar-refractivity contribution in [1.29, 1.82) is 0 Å². The van der Waals surface area contributed by atoms with Crippen LogP contribution in [-0.4, -0.2) is 16.2 Å². The summed E-state index contributed by atoms with van der Waals surface area (Å²) in [5, 5.41) is 16.2. The second-order valence-corrected chi connectivity index (χ2v) is 2.08. The van der Waals surface area contributed by atoms with Crippen LogP contribution in [0.1, 0.15) is 6.92 Å². The van der Waals surface area contributed by atoms with Gasteiger partial charge in [-0.15, -0.1) is 0 Å². The molecule has 0 saturated carbocycles. The van der Waals surface area contributed by atoms with Crippen molar-refractivity contribution >= 4 is 11.7 Å². The van der Waals surface area contributed by atoms with Crippen molar-refractivity contribution in [2.75, 3.05) is 5.73 Å². The number of aliphatic carboxylic acids is 1. The van der Waals surface area contributed by atoms with Crippen LogP contribution in [0.5, 0.6) is 5.75 Å². The minimum absolute atomic E-state index is 0. The molecular weight excluding hydrogens is 222 g/mol. The zero-order chi connectivity index (χ0) is 9.56. The van der Waals surface area contributed by atoms with Gasteiger partial charge in [-0.2, -0.15) is 0 Å². The first-order valence-electron chi connectivity index (χ1n) is 3.27. The number of nitrogen functional groups attached to an aromatic ring is 1. The summed E-state index contributed by atoms with van der Waals surface area (Å²) in [4.78, 5) is 9.00. The summed E-state index contributed by atoms with van der Waals surface area (Å²) in [5.41, 5.74) is 5.69. The average Bonchev–Trinajstić information content (AvgIpc) is 1.94. The van der Waals surface area contributed by atoms with Gasteiger partial charge in [0.1, 0.15) is 5.75 Å². The van der Waals surface area contributed by atoms with Gasteiger partial charge in [0, 0.05) is 24.0 Å². The third-order valence-corrected chi connectivity index (χ3v) is 0.937. The third kappa shape index (κ3) is 8.72. The number of aromatic hydroxyl groups is 1. The van der Waals surface area contributed by atoms with Gasteiger partial charge in [-0.25, -0.2) is 0 Å². The van der Waals surface area contributed by atoms with Gasteiger partial charge in [-0.05, 0) is 12.1 Å². The molecule has 0 heterocycles. The Morgan fingerprint density at radius 2 is 1.77 bits per heavy atom. The molecule has 13 heavy (non-hydrogen) atoms. The molecule has 0 aromatic heterocycles. The normalized spacial score (nSPS) is 7.46. The first kappa shape index (κ1) is 14.3. The molecule has 1 aromatic rings. The van der Waals surface area contributed by atoms with Crippen molar-refractivity contribution in [3.05, 3.63) is 24.3 Å². The van der Waals surface area contributed by atoms with Crippen LogP contribution in [0.25, 0.3) is 0 Å². The Balaban J connectivity index is 0. The fourth-order valence-corrected chi connectivity index (χ4v) is 0.488. The maximum atomic E-state index is 9.00. The number of phenolic OH excluding ortho intramolecular Hbond substituents is 1. The predicted molar refractivity (Wildman–Crippen MR) is 45.8 cm³/mol. The summed E-state index contributed by atoms with van der Waals surface area (Å²) in [6.45, 7) is 1.08. The second-order valence-electron chi connectivity index (χ2n) is 2.08. The molecule has 0 aliphatic rings. The van der Waals surface area contributed by atoms with Crippen molar-refractivity contribution in [1.82, 2.24) is 0 Å². The van der Waals surface area contributed by atoms with Gasteiger partial charge in [-0.3, -0.25) is 4.79 Å². The molecule has 0 spiro atoms. The number of hydrogen-bond donors (Lipinski definition) is 3. The molecule has 0 aliphatic carbocycles. The van der Waals surface area contributed by atoms with Gasteiger partial charge in [0.15, 0.2) is 0 Å². The fourth-order valence-electron chi connectivity index (χ4n) is 0.488. The van der Waals surface area contributed by atoms with Gasteiger partial charge < -0.3 is 15.9 Å². The molecule has 0 amide bonds. The van der Waals surface area contributed by atoms with Crippen molar-refractivity contribution in [3.8, 4) is 5.75 Å². The van der Waals surface area contributed by atoms with Crippen LogP contribution in [0.15, 0.2) is 24.3 Å². The molecule has 1 radical (unpaired) electrons. The Morgan fingerprint density at radius 1 is 1.38 bits per heavy atom. The monoisotopic (exact) mass is 232 g/mol. The third-order valence-electron chi connectivity index (χ3n) is 0.937. The van der Waals surface area contributed by atoms with E-state index in [0.29, 0.717) is 5.69 Å². The second kappa shape index (κ2) is 7.46. The number of carboxylic acid groups (broad SMARTS) is 1. The standard InChI is InChI=1S/C6H7NO.C2H4O2.Cu/c7-5-3-1-2-4-6(5)8;1-2(3)4;/h1-4,8H,7H2;1H3,(H,3,4);. The molecule has 0 fully saturated rings. The van der Waals surface area contributed by atoms with Crippen LogP contribution in [-0.2, 0) is 21.9 Å². The van der Waals surface area contributed by atoms with Gasteiger partial charge in [-0.1, -0.05) is 12.1 Å². The molecule has 1 aromatic carbocycles.